The molecule has 0 heterocycles. The average molecular weight is 388 g/mol. The largest absolute Gasteiger partial charge is 0.480 e. The van der Waals surface area contributed by atoms with Crippen molar-refractivity contribution in [3.05, 3.63) is 35.4 Å². The number of unbranched alkanes of at least 4 members (excludes halogenated alkanes) is 1. The maximum Gasteiger partial charge on any atom is 0.451 e. The lowest BCUT2D eigenvalue weighted by Crippen LogP contribution is -2.61. The molecule has 0 amide bonds. The number of nitrogens with two attached hydrogens (primary N) is 1. The minimum absolute atomic E-state index is 0.0394. The Morgan fingerprint density at radius 3 is 2.36 bits per heavy atom. The van der Waals surface area contributed by atoms with Gasteiger partial charge in [-0.1, -0.05) is 37.1 Å². The molecule has 6 N–H and O–H groups in total. The highest BCUT2D eigenvalue weighted by Gasteiger charge is 2.48. The van der Waals surface area contributed by atoms with E-state index in [4.69, 9.17) is 15.8 Å². The van der Waals surface area contributed by atoms with Gasteiger partial charge in [0.2, 0.25) is 0 Å². The monoisotopic (exact) mass is 388 g/mol. The van der Waals surface area contributed by atoms with Crippen molar-refractivity contribution in [3.8, 4) is 0 Å². The van der Waals surface area contributed by atoms with E-state index in [1.807, 2.05) is 0 Å². The Morgan fingerprint density at radius 2 is 1.79 bits per heavy atom. The fraction of sp³-hybridized carbons (Fsp3) is 0.667. The Kier molecular flexibility index (Phi) is 7.15. The highest BCUT2D eigenvalue weighted by atomic mass is 16.4. The van der Waals surface area contributed by atoms with E-state index in [9.17, 15) is 9.90 Å². The normalized spacial score (nSPS) is 23.7. The van der Waals surface area contributed by atoms with Gasteiger partial charge in [0.05, 0.1) is 0 Å². The maximum absolute atomic E-state index is 11.7. The first kappa shape index (κ1) is 21.3. The van der Waals surface area contributed by atoms with E-state index in [0.29, 0.717) is 25.3 Å². The van der Waals surface area contributed by atoms with E-state index in [-0.39, 0.29) is 12.2 Å². The number of aliphatic carboxylic acids is 1. The standard InChI is InChI=1S/C21H33BN2O4/c23-21(20(25)26,9-1-2-10-22(27)28)18-12-19(13-18)24-14-17-7-5-16(6-8-17)11-15-3-4-15/h5-8,15,18-19,24,27-28H,1-4,9-14,23H2,(H,25,26). The fourth-order valence-corrected chi connectivity index (χ4v) is 4.15. The number of rotatable bonds is 12. The highest BCUT2D eigenvalue weighted by molar-refractivity contribution is 6.40. The van der Waals surface area contributed by atoms with Gasteiger partial charge in [0, 0.05) is 12.6 Å². The molecule has 2 fully saturated rings. The third-order valence-electron chi connectivity index (χ3n) is 6.41. The van der Waals surface area contributed by atoms with Gasteiger partial charge in [0.1, 0.15) is 5.54 Å². The molecule has 1 atom stereocenters. The zero-order chi connectivity index (χ0) is 20.1. The number of nitrogens with one attached hydrogen (secondary N) is 1. The van der Waals surface area contributed by atoms with Crippen LogP contribution < -0.4 is 11.1 Å². The van der Waals surface area contributed by atoms with Crippen molar-refractivity contribution in [2.45, 2.75) is 75.8 Å². The number of carboxylic acids is 1. The molecule has 6 nitrogen and oxygen atoms in total. The Hall–Kier alpha value is -1.41. The molecule has 2 aliphatic rings. The highest BCUT2D eigenvalue weighted by Crippen LogP contribution is 2.38. The average Bonchev–Trinajstić information content (AvgIpc) is 3.42. The van der Waals surface area contributed by atoms with Gasteiger partial charge in [-0.2, -0.15) is 0 Å². The first-order chi connectivity index (χ1) is 13.4. The molecule has 1 aromatic rings. The van der Waals surface area contributed by atoms with Crippen LogP contribution in [0.4, 0.5) is 0 Å². The van der Waals surface area contributed by atoms with Crippen molar-refractivity contribution < 1.29 is 19.9 Å². The molecule has 0 bridgehead atoms. The lowest BCUT2D eigenvalue weighted by atomic mass is 9.66. The summed E-state index contributed by atoms with van der Waals surface area (Å²) in [4.78, 5) is 11.7. The number of benzene rings is 1. The number of hydrogen-bond acceptors (Lipinski definition) is 5. The van der Waals surface area contributed by atoms with Crippen molar-refractivity contribution in [1.29, 1.82) is 0 Å². The molecule has 2 aliphatic carbocycles. The predicted molar refractivity (Wildman–Crippen MR) is 110 cm³/mol. The van der Waals surface area contributed by atoms with Crippen LogP contribution in [0.2, 0.25) is 6.32 Å². The molecule has 154 valence electrons. The van der Waals surface area contributed by atoms with Crippen molar-refractivity contribution >= 4 is 13.1 Å². The van der Waals surface area contributed by atoms with E-state index in [1.54, 1.807) is 0 Å². The SMILES string of the molecule is NC(CCCCB(O)O)(C(=O)O)C1CC(NCc2ccc(CC3CC3)cc2)C1. The van der Waals surface area contributed by atoms with Crippen molar-refractivity contribution in [2.75, 3.05) is 0 Å². The van der Waals surface area contributed by atoms with Crippen molar-refractivity contribution in [2.24, 2.45) is 17.6 Å². The van der Waals surface area contributed by atoms with Crippen LogP contribution in [0, 0.1) is 11.8 Å². The lowest BCUT2D eigenvalue weighted by molar-refractivity contribution is -0.148. The summed E-state index contributed by atoms with van der Waals surface area (Å²) < 4.78 is 0. The van der Waals surface area contributed by atoms with Gasteiger partial charge in [-0.05, 0) is 67.8 Å². The zero-order valence-electron chi connectivity index (χ0n) is 16.5. The summed E-state index contributed by atoms with van der Waals surface area (Å²) in [6.45, 7) is 0.792. The van der Waals surface area contributed by atoms with Crippen molar-refractivity contribution in [1.82, 2.24) is 5.32 Å². The molecular weight excluding hydrogens is 355 g/mol. The van der Waals surface area contributed by atoms with Crippen LogP contribution in [0.1, 0.15) is 56.1 Å². The Morgan fingerprint density at radius 1 is 1.14 bits per heavy atom. The van der Waals surface area contributed by atoms with Gasteiger partial charge < -0.3 is 26.2 Å². The number of hydrogen-bond donors (Lipinski definition) is 5. The molecule has 0 saturated heterocycles. The molecule has 1 aromatic carbocycles. The topological polar surface area (TPSA) is 116 Å². The number of carbonyl (C=O) groups is 1. The predicted octanol–water partition coefficient (Wildman–Crippen LogP) is 1.93. The Balaban J connectivity index is 1.39. The quantitative estimate of drug-likeness (QED) is 0.276. The molecule has 28 heavy (non-hydrogen) atoms. The van der Waals surface area contributed by atoms with Crippen LogP contribution in [-0.2, 0) is 17.8 Å². The third kappa shape index (κ3) is 5.80. The third-order valence-corrected chi connectivity index (χ3v) is 6.41. The van der Waals surface area contributed by atoms with E-state index in [1.165, 1.54) is 30.4 Å². The van der Waals surface area contributed by atoms with Gasteiger partial charge >= 0.3 is 13.1 Å². The molecule has 0 radical (unpaired) electrons. The second-order valence-electron chi connectivity index (χ2n) is 8.78. The van der Waals surface area contributed by atoms with E-state index in [2.05, 4.69) is 29.6 Å². The summed E-state index contributed by atoms with van der Waals surface area (Å²) in [7, 11) is -1.34. The summed E-state index contributed by atoms with van der Waals surface area (Å²) in [5.74, 6) is -0.0930. The van der Waals surface area contributed by atoms with Crippen LogP contribution in [0.15, 0.2) is 24.3 Å². The van der Waals surface area contributed by atoms with Gasteiger partial charge in [-0.3, -0.25) is 4.79 Å². The van der Waals surface area contributed by atoms with Crippen molar-refractivity contribution in [3.63, 3.8) is 0 Å². The van der Waals surface area contributed by atoms with Crippen LogP contribution >= 0.6 is 0 Å². The van der Waals surface area contributed by atoms with Gasteiger partial charge in [-0.15, -0.1) is 0 Å². The van der Waals surface area contributed by atoms with Crippen LogP contribution in [-0.4, -0.2) is 39.8 Å². The smallest absolute Gasteiger partial charge is 0.451 e. The van der Waals surface area contributed by atoms with E-state index in [0.717, 1.165) is 25.3 Å². The minimum atomic E-state index is -1.34. The second kappa shape index (κ2) is 9.40. The second-order valence-corrected chi connectivity index (χ2v) is 8.78. The van der Waals surface area contributed by atoms with Crippen LogP contribution in [0.25, 0.3) is 0 Å². The summed E-state index contributed by atoms with van der Waals surface area (Å²) in [5.41, 5.74) is 7.69. The van der Waals surface area contributed by atoms with Gasteiger partial charge in [0.15, 0.2) is 0 Å². The lowest BCUT2D eigenvalue weighted by Gasteiger charge is -2.45. The Bertz CT molecular complexity index is 644. The first-order valence-corrected chi connectivity index (χ1v) is 10.6. The van der Waals surface area contributed by atoms with Gasteiger partial charge in [-0.25, -0.2) is 0 Å². The molecule has 0 aromatic heterocycles. The molecule has 2 saturated carbocycles. The minimum Gasteiger partial charge on any atom is -0.480 e. The summed E-state index contributed by atoms with van der Waals surface area (Å²) in [6, 6.07) is 9.11. The summed E-state index contributed by atoms with van der Waals surface area (Å²) >= 11 is 0. The molecule has 0 spiro atoms. The summed E-state index contributed by atoms with van der Waals surface area (Å²) in [5, 5.41) is 30.9. The molecular formula is C21H33BN2O4. The van der Waals surface area contributed by atoms with E-state index >= 15 is 0 Å². The number of carboxylic acid groups (broad SMARTS) is 1. The zero-order valence-corrected chi connectivity index (χ0v) is 16.5. The van der Waals surface area contributed by atoms with E-state index < -0.39 is 18.6 Å². The van der Waals surface area contributed by atoms with Gasteiger partial charge in [0.25, 0.3) is 0 Å². The molecule has 3 rings (SSSR count). The fourth-order valence-electron chi connectivity index (χ4n) is 4.15. The maximum atomic E-state index is 11.7. The Labute approximate surface area is 167 Å². The molecule has 1 unspecified atom stereocenters. The first-order valence-electron chi connectivity index (χ1n) is 10.6. The van der Waals surface area contributed by atoms with Crippen LogP contribution in [0.3, 0.4) is 0 Å². The summed E-state index contributed by atoms with van der Waals surface area (Å²) in [6.07, 6.45) is 7.25. The van der Waals surface area contributed by atoms with Crippen LogP contribution in [0.5, 0.6) is 0 Å². The molecule has 7 heteroatoms. The molecule has 0 aliphatic heterocycles.